The van der Waals surface area contributed by atoms with Gasteiger partial charge in [0.2, 0.25) is 5.95 Å². The number of methoxy groups -OCH3 is 1. The van der Waals surface area contributed by atoms with Crippen LogP contribution in [0.15, 0.2) is 17.3 Å². The molecule has 1 rings (SSSR count). The number of guanidine groups is 1. The summed E-state index contributed by atoms with van der Waals surface area (Å²) < 4.78 is 42.6. The normalized spacial score (nSPS) is 12.1. The van der Waals surface area contributed by atoms with Gasteiger partial charge in [0.1, 0.15) is 5.69 Å². The molecule has 0 saturated carbocycles. The molecule has 0 saturated heterocycles. The van der Waals surface area contributed by atoms with E-state index in [-0.39, 0.29) is 5.95 Å². The first-order valence-corrected chi connectivity index (χ1v) is 7.62. The van der Waals surface area contributed by atoms with Crippen molar-refractivity contribution in [1.29, 1.82) is 0 Å². The Bertz CT molecular complexity index is 510. The Hall–Kier alpha value is -2.10. The number of rotatable bonds is 9. The molecule has 10 heteroatoms. The zero-order chi connectivity index (χ0) is 17.8. The second kappa shape index (κ2) is 10.6. The second-order valence-corrected chi connectivity index (χ2v) is 4.72. The summed E-state index contributed by atoms with van der Waals surface area (Å²) in [4.78, 5) is 11.5. The van der Waals surface area contributed by atoms with E-state index in [2.05, 4.69) is 30.9 Å². The van der Waals surface area contributed by atoms with Gasteiger partial charge in [-0.3, -0.25) is 4.99 Å². The molecule has 136 valence electrons. The van der Waals surface area contributed by atoms with E-state index in [1.54, 1.807) is 7.11 Å². The number of ether oxygens (including phenoxy) is 1. The number of nitrogens with zero attached hydrogens (tertiary/aromatic N) is 3. The van der Waals surface area contributed by atoms with Crippen molar-refractivity contribution in [3.63, 3.8) is 0 Å². The Labute approximate surface area is 139 Å². The van der Waals surface area contributed by atoms with Crippen LogP contribution in [0.3, 0.4) is 0 Å². The van der Waals surface area contributed by atoms with Crippen LogP contribution >= 0.6 is 0 Å². The molecule has 0 aromatic carbocycles. The van der Waals surface area contributed by atoms with Crippen molar-refractivity contribution in [1.82, 2.24) is 20.6 Å². The van der Waals surface area contributed by atoms with Gasteiger partial charge >= 0.3 is 6.18 Å². The maximum Gasteiger partial charge on any atom is 0.433 e. The zero-order valence-corrected chi connectivity index (χ0v) is 13.8. The summed E-state index contributed by atoms with van der Waals surface area (Å²) >= 11 is 0. The lowest BCUT2D eigenvalue weighted by atomic mass is 10.4. The van der Waals surface area contributed by atoms with Crippen molar-refractivity contribution in [2.45, 2.75) is 19.5 Å². The second-order valence-electron chi connectivity index (χ2n) is 4.72. The van der Waals surface area contributed by atoms with Crippen molar-refractivity contribution >= 4 is 11.9 Å². The lowest BCUT2D eigenvalue weighted by Crippen LogP contribution is -2.39. The summed E-state index contributed by atoms with van der Waals surface area (Å²) in [6.45, 7) is 4.71. The van der Waals surface area contributed by atoms with Crippen molar-refractivity contribution in [2.24, 2.45) is 4.99 Å². The fourth-order valence-electron chi connectivity index (χ4n) is 1.70. The van der Waals surface area contributed by atoms with Gasteiger partial charge in [0, 0.05) is 46.1 Å². The highest BCUT2D eigenvalue weighted by Gasteiger charge is 2.32. The highest BCUT2D eigenvalue weighted by atomic mass is 19.4. The SMILES string of the molecule is CCNC(=NCCCOC)NCCNc1nccc(C(F)(F)F)n1. The lowest BCUT2D eigenvalue weighted by molar-refractivity contribution is -0.141. The number of nitrogens with one attached hydrogen (secondary N) is 3. The van der Waals surface area contributed by atoms with E-state index >= 15 is 0 Å². The monoisotopic (exact) mass is 348 g/mol. The molecule has 0 amide bonds. The minimum absolute atomic E-state index is 0.0614. The number of hydrogen-bond donors (Lipinski definition) is 3. The molecule has 3 N–H and O–H groups in total. The first-order valence-electron chi connectivity index (χ1n) is 7.62. The number of halogens is 3. The molecule has 1 aromatic heterocycles. The average Bonchev–Trinajstić information content (AvgIpc) is 2.55. The minimum atomic E-state index is -4.48. The van der Waals surface area contributed by atoms with E-state index in [0.717, 1.165) is 18.7 Å². The zero-order valence-electron chi connectivity index (χ0n) is 13.8. The molecule has 0 atom stereocenters. The van der Waals surface area contributed by atoms with E-state index in [9.17, 15) is 13.2 Å². The van der Waals surface area contributed by atoms with Crippen LogP contribution in [0, 0.1) is 0 Å². The van der Waals surface area contributed by atoms with Crippen molar-refractivity contribution in [3.8, 4) is 0 Å². The van der Waals surface area contributed by atoms with Crippen LogP contribution in [-0.4, -0.2) is 55.8 Å². The highest BCUT2D eigenvalue weighted by molar-refractivity contribution is 5.79. The van der Waals surface area contributed by atoms with Gasteiger partial charge in [-0.15, -0.1) is 0 Å². The molecule has 0 fully saturated rings. The molecule has 1 heterocycles. The number of anilines is 1. The summed E-state index contributed by atoms with van der Waals surface area (Å²) in [7, 11) is 1.63. The van der Waals surface area contributed by atoms with Gasteiger partial charge in [0.25, 0.3) is 0 Å². The van der Waals surface area contributed by atoms with Gasteiger partial charge in [0.15, 0.2) is 5.96 Å². The molecule has 0 bridgehead atoms. The topological polar surface area (TPSA) is 83.5 Å². The van der Waals surface area contributed by atoms with E-state index in [1.807, 2.05) is 6.92 Å². The largest absolute Gasteiger partial charge is 0.433 e. The number of aliphatic imine (C=N–C) groups is 1. The van der Waals surface area contributed by atoms with Crippen LogP contribution in [0.5, 0.6) is 0 Å². The van der Waals surface area contributed by atoms with Gasteiger partial charge in [-0.2, -0.15) is 13.2 Å². The van der Waals surface area contributed by atoms with Crippen LogP contribution in [0.25, 0.3) is 0 Å². The third-order valence-corrected chi connectivity index (χ3v) is 2.77. The van der Waals surface area contributed by atoms with E-state index < -0.39 is 11.9 Å². The molecular weight excluding hydrogens is 325 g/mol. The molecule has 0 aliphatic heterocycles. The maximum absolute atomic E-state index is 12.6. The minimum Gasteiger partial charge on any atom is -0.385 e. The molecule has 0 aliphatic rings. The van der Waals surface area contributed by atoms with E-state index in [0.29, 0.717) is 38.7 Å². The first-order chi connectivity index (χ1) is 11.5. The third-order valence-electron chi connectivity index (χ3n) is 2.77. The first kappa shape index (κ1) is 19.9. The maximum atomic E-state index is 12.6. The van der Waals surface area contributed by atoms with Crippen molar-refractivity contribution in [2.75, 3.05) is 45.2 Å². The summed E-state index contributed by atoms with van der Waals surface area (Å²) in [6, 6.07) is 0.833. The van der Waals surface area contributed by atoms with Gasteiger partial charge in [-0.1, -0.05) is 0 Å². The number of aromatic nitrogens is 2. The molecule has 24 heavy (non-hydrogen) atoms. The van der Waals surface area contributed by atoms with E-state index in [1.165, 1.54) is 0 Å². The van der Waals surface area contributed by atoms with Gasteiger partial charge in [-0.25, -0.2) is 9.97 Å². The van der Waals surface area contributed by atoms with Crippen molar-refractivity contribution in [3.05, 3.63) is 18.0 Å². The van der Waals surface area contributed by atoms with Crippen LogP contribution in [0.1, 0.15) is 19.0 Å². The predicted octanol–water partition coefficient (Wildman–Crippen LogP) is 1.50. The predicted molar refractivity (Wildman–Crippen MR) is 86.0 cm³/mol. The molecule has 0 aliphatic carbocycles. The quantitative estimate of drug-likeness (QED) is 0.356. The molecule has 0 unspecified atom stereocenters. The molecule has 0 spiro atoms. The van der Waals surface area contributed by atoms with Crippen molar-refractivity contribution < 1.29 is 17.9 Å². The fraction of sp³-hybridized carbons (Fsp3) is 0.643. The Morgan fingerprint density at radius 1 is 1.29 bits per heavy atom. The number of hydrogen-bond acceptors (Lipinski definition) is 5. The number of alkyl halides is 3. The Morgan fingerprint density at radius 3 is 2.75 bits per heavy atom. The standard InChI is InChI=1S/C14H23F3N6O/c1-3-18-12(19-6-4-10-24-2)21-8-9-22-13-20-7-5-11(23-13)14(15,16)17/h5,7H,3-4,6,8-10H2,1-2H3,(H2,18,19,21)(H,20,22,23). The molecule has 7 nitrogen and oxygen atoms in total. The summed E-state index contributed by atoms with van der Waals surface area (Å²) in [6.07, 6.45) is -2.60. The molecule has 1 aromatic rings. The van der Waals surface area contributed by atoms with Crippen LogP contribution in [0.2, 0.25) is 0 Å². The van der Waals surface area contributed by atoms with Crippen LogP contribution < -0.4 is 16.0 Å². The Balaban J connectivity index is 2.40. The third kappa shape index (κ3) is 7.95. The van der Waals surface area contributed by atoms with Gasteiger partial charge in [-0.05, 0) is 19.4 Å². The lowest BCUT2D eigenvalue weighted by Gasteiger charge is -2.12. The van der Waals surface area contributed by atoms with Gasteiger partial charge in [0.05, 0.1) is 0 Å². The summed E-state index contributed by atoms with van der Waals surface area (Å²) in [5, 5.41) is 8.89. The van der Waals surface area contributed by atoms with Crippen LogP contribution in [-0.2, 0) is 10.9 Å². The summed E-state index contributed by atoms with van der Waals surface area (Å²) in [5.41, 5.74) is -0.971. The smallest absolute Gasteiger partial charge is 0.385 e. The Kier molecular flexibility index (Phi) is 8.84. The molecule has 0 radical (unpaired) electrons. The van der Waals surface area contributed by atoms with Crippen LogP contribution in [0.4, 0.5) is 19.1 Å². The average molecular weight is 348 g/mol. The highest BCUT2D eigenvalue weighted by Crippen LogP contribution is 2.27. The van der Waals surface area contributed by atoms with E-state index in [4.69, 9.17) is 4.74 Å². The molecular formula is C14H23F3N6O. The Morgan fingerprint density at radius 2 is 2.08 bits per heavy atom. The van der Waals surface area contributed by atoms with Gasteiger partial charge < -0.3 is 20.7 Å². The summed E-state index contributed by atoms with van der Waals surface area (Å²) in [5.74, 6) is 0.578. The fourth-order valence-corrected chi connectivity index (χ4v) is 1.70.